The normalized spacial score (nSPS) is 11.3. The van der Waals surface area contributed by atoms with Crippen molar-refractivity contribution in [3.05, 3.63) is 54.1 Å². The van der Waals surface area contributed by atoms with Gasteiger partial charge in [0.05, 0.1) is 14.2 Å². The van der Waals surface area contributed by atoms with Crippen LogP contribution in [0.4, 0.5) is 0 Å². The lowest BCUT2D eigenvalue weighted by Gasteiger charge is -2.14. The molecule has 0 aliphatic carbocycles. The lowest BCUT2D eigenvalue weighted by Crippen LogP contribution is -2.32. The zero-order valence-electron chi connectivity index (χ0n) is 14.6. The van der Waals surface area contributed by atoms with Gasteiger partial charge in [-0.25, -0.2) is 0 Å². The van der Waals surface area contributed by atoms with Gasteiger partial charge in [-0.05, 0) is 42.8 Å². The number of nitrogens with one attached hydrogen (secondary N) is 1. The molecule has 0 bridgehead atoms. The molecule has 2 aromatic carbocycles. The Morgan fingerprint density at radius 2 is 1.72 bits per heavy atom. The standard InChI is InChI=1S/C19H25NO4.ClH/c1-22-18-9-8-15(12-19(18)23-2)10-11-20-13-16(21)14-24-17-6-4-3-5-7-17;/h3-9,12,16,20-21H,10-11,13-14H2,1-2H3;1H. The van der Waals surface area contributed by atoms with Crippen molar-refractivity contribution >= 4 is 12.4 Å². The smallest absolute Gasteiger partial charge is 0.160 e. The van der Waals surface area contributed by atoms with Crippen molar-refractivity contribution in [3.63, 3.8) is 0 Å². The zero-order chi connectivity index (χ0) is 17.2. The molecule has 2 aromatic rings. The number of ether oxygens (including phenoxy) is 3. The predicted molar refractivity (Wildman–Crippen MR) is 101 cm³/mol. The van der Waals surface area contributed by atoms with E-state index in [-0.39, 0.29) is 19.0 Å². The first kappa shape index (κ1) is 21.1. The predicted octanol–water partition coefficient (Wildman–Crippen LogP) is 2.70. The highest BCUT2D eigenvalue weighted by molar-refractivity contribution is 5.85. The number of benzene rings is 2. The maximum absolute atomic E-state index is 9.93. The van der Waals surface area contributed by atoms with Crippen LogP contribution in [0.15, 0.2) is 48.5 Å². The second kappa shape index (κ2) is 11.6. The number of hydrogen-bond donors (Lipinski definition) is 2. The van der Waals surface area contributed by atoms with E-state index in [2.05, 4.69) is 5.32 Å². The van der Waals surface area contributed by atoms with E-state index in [1.807, 2.05) is 48.5 Å². The van der Waals surface area contributed by atoms with Gasteiger partial charge in [-0.2, -0.15) is 0 Å². The summed E-state index contributed by atoms with van der Waals surface area (Å²) in [7, 11) is 3.25. The number of methoxy groups -OCH3 is 2. The molecule has 2 rings (SSSR count). The molecule has 0 saturated carbocycles. The van der Waals surface area contributed by atoms with Crippen molar-refractivity contribution in [2.75, 3.05) is 33.9 Å². The summed E-state index contributed by atoms with van der Waals surface area (Å²) in [5, 5.41) is 13.2. The van der Waals surface area contributed by atoms with E-state index >= 15 is 0 Å². The van der Waals surface area contributed by atoms with Gasteiger partial charge >= 0.3 is 0 Å². The summed E-state index contributed by atoms with van der Waals surface area (Å²) in [5.41, 5.74) is 1.15. The SMILES string of the molecule is COc1ccc(CCNCC(O)COc2ccccc2)cc1OC.Cl. The summed E-state index contributed by atoms with van der Waals surface area (Å²) in [4.78, 5) is 0. The lowest BCUT2D eigenvalue weighted by atomic mass is 10.1. The van der Waals surface area contributed by atoms with E-state index in [0.29, 0.717) is 6.54 Å². The molecule has 138 valence electrons. The number of hydrogen-bond acceptors (Lipinski definition) is 5. The Labute approximate surface area is 155 Å². The van der Waals surface area contributed by atoms with Gasteiger partial charge in [0, 0.05) is 6.54 Å². The van der Waals surface area contributed by atoms with E-state index < -0.39 is 6.10 Å². The third-order valence-electron chi connectivity index (χ3n) is 3.60. The lowest BCUT2D eigenvalue weighted by molar-refractivity contribution is 0.106. The van der Waals surface area contributed by atoms with Crippen LogP contribution in [0.3, 0.4) is 0 Å². The largest absolute Gasteiger partial charge is 0.493 e. The van der Waals surface area contributed by atoms with Gasteiger partial charge < -0.3 is 24.6 Å². The summed E-state index contributed by atoms with van der Waals surface area (Å²) in [6.07, 6.45) is 0.294. The minimum absolute atomic E-state index is 0. The number of rotatable bonds is 10. The van der Waals surface area contributed by atoms with Crippen LogP contribution >= 0.6 is 12.4 Å². The van der Waals surface area contributed by atoms with Crippen molar-refractivity contribution in [2.24, 2.45) is 0 Å². The zero-order valence-corrected chi connectivity index (χ0v) is 15.4. The van der Waals surface area contributed by atoms with Crippen molar-refractivity contribution in [1.29, 1.82) is 0 Å². The van der Waals surface area contributed by atoms with Crippen molar-refractivity contribution in [3.8, 4) is 17.2 Å². The molecule has 0 heterocycles. The minimum atomic E-state index is -0.546. The molecule has 0 amide bonds. The van der Waals surface area contributed by atoms with Crippen LogP contribution in [-0.2, 0) is 6.42 Å². The highest BCUT2D eigenvalue weighted by Crippen LogP contribution is 2.27. The molecule has 0 fully saturated rings. The average Bonchev–Trinajstić information content (AvgIpc) is 2.64. The second-order valence-corrected chi connectivity index (χ2v) is 5.42. The van der Waals surface area contributed by atoms with Gasteiger partial charge in [-0.3, -0.25) is 0 Å². The molecule has 0 aliphatic heterocycles. The molecule has 0 aromatic heterocycles. The second-order valence-electron chi connectivity index (χ2n) is 5.42. The molecular weight excluding hydrogens is 342 g/mol. The van der Waals surface area contributed by atoms with Crippen LogP contribution in [0, 0.1) is 0 Å². The molecule has 1 unspecified atom stereocenters. The van der Waals surface area contributed by atoms with E-state index in [0.717, 1.165) is 35.8 Å². The molecule has 1 atom stereocenters. The van der Waals surface area contributed by atoms with E-state index in [9.17, 15) is 5.11 Å². The third-order valence-corrected chi connectivity index (χ3v) is 3.60. The van der Waals surface area contributed by atoms with Crippen LogP contribution in [0.1, 0.15) is 5.56 Å². The molecule has 6 heteroatoms. The summed E-state index contributed by atoms with van der Waals surface area (Å²) in [6.45, 7) is 1.52. The summed E-state index contributed by atoms with van der Waals surface area (Å²) in [6, 6.07) is 15.4. The molecular formula is C19H26ClNO4. The fourth-order valence-corrected chi connectivity index (χ4v) is 2.31. The van der Waals surface area contributed by atoms with Crippen LogP contribution in [-0.4, -0.2) is 45.1 Å². The monoisotopic (exact) mass is 367 g/mol. The van der Waals surface area contributed by atoms with Crippen molar-refractivity contribution in [1.82, 2.24) is 5.32 Å². The average molecular weight is 368 g/mol. The number of aliphatic hydroxyl groups excluding tert-OH is 1. The summed E-state index contributed by atoms with van der Waals surface area (Å²) < 4.78 is 16.0. The van der Waals surface area contributed by atoms with Crippen LogP contribution in [0.2, 0.25) is 0 Å². The van der Waals surface area contributed by atoms with Crippen LogP contribution < -0.4 is 19.5 Å². The first-order valence-corrected chi connectivity index (χ1v) is 8.00. The fraction of sp³-hybridized carbons (Fsp3) is 0.368. The molecule has 0 aliphatic rings. The molecule has 2 N–H and O–H groups in total. The molecule has 5 nitrogen and oxygen atoms in total. The molecule has 0 spiro atoms. The van der Waals surface area contributed by atoms with Gasteiger partial charge in [0.2, 0.25) is 0 Å². The van der Waals surface area contributed by atoms with E-state index in [4.69, 9.17) is 14.2 Å². The van der Waals surface area contributed by atoms with Gasteiger partial charge in [-0.15, -0.1) is 12.4 Å². The van der Waals surface area contributed by atoms with Gasteiger partial charge in [0.1, 0.15) is 18.5 Å². The fourth-order valence-electron chi connectivity index (χ4n) is 2.31. The van der Waals surface area contributed by atoms with Crippen LogP contribution in [0.5, 0.6) is 17.2 Å². The highest BCUT2D eigenvalue weighted by Gasteiger charge is 2.06. The van der Waals surface area contributed by atoms with Gasteiger partial charge in [-0.1, -0.05) is 24.3 Å². The Kier molecular flexibility index (Phi) is 9.77. The van der Waals surface area contributed by atoms with E-state index in [1.54, 1.807) is 14.2 Å². The summed E-state index contributed by atoms with van der Waals surface area (Å²) in [5.74, 6) is 2.22. The van der Waals surface area contributed by atoms with Gasteiger partial charge in [0.15, 0.2) is 11.5 Å². The Balaban J connectivity index is 0.00000312. The maximum atomic E-state index is 9.93. The molecule has 0 radical (unpaired) electrons. The topological polar surface area (TPSA) is 60.0 Å². The van der Waals surface area contributed by atoms with Crippen molar-refractivity contribution in [2.45, 2.75) is 12.5 Å². The van der Waals surface area contributed by atoms with E-state index in [1.165, 1.54) is 0 Å². The Bertz CT molecular complexity index is 610. The first-order chi connectivity index (χ1) is 11.7. The quantitative estimate of drug-likeness (QED) is 0.632. The molecule has 25 heavy (non-hydrogen) atoms. The first-order valence-electron chi connectivity index (χ1n) is 8.00. The Morgan fingerprint density at radius 1 is 1.00 bits per heavy atom. The van der Waals surface area contributed by atoms with Crippen molar-refractivity contribution < 1.29 is 19.3 Å². The highest BCUT2D eigenvalue weighted by atomic mass is 35.5. The molecule has 0 saturated heterocycles. The number of aliphatic hydroxyl groups is 1. The minimum Gasteiger partial charge on any atom is -0.493 e. The summed E-state index contributed by atoms with van der Waals surface area (Å²) >= 11 is 0. The third kappa shape index (κ3) is 7.22. The van der Waals surface area contributed by atoms with Gasteiger partial charge in [0.25, 0.3) is 0 Å². The maximum Gasteiger partial charge on any atom is 0.160 e. The Hall–Kier alpha value is -1.95. The number of para-hydroxylation sites is 1. The van der Waals surface area contributed by atoms with Crippen LogP contribution in [0.25, 0.3) is 0 Å². The number of halogens is 1. The Morgan fingerprint density at radius 3 is 2.40 bits per heavy atom.